The van der Waals surface area contributed by atoms with Crippen molar-refractivity contribution < 1.29 is 9.66 Å². The van der Waals surface area contributed by atoms with Gasteiger partial charge in [-0.3, -0.25) is 10.1 Å². The van der Waals surface area contributed by atoms with Crippen LogP contribution in [0.4, 0.5) is 5.69 Å². The van der Waals surface area contributed by atoms with Crippen molar-refractivity contribution in [2.75, 3.05) is 13.7 Å². The zero-order valence-electron chi connectivity index (χ0n) is 9.77. The fourth-order valence-corrected chi connectivity index (χ4v) is 1.79. The molecule has 0 heterocycles. The van der Waals surface area contributed by atoms with E-state index in [0.29, 0.717) is 6.54 Å². The molecule has 0 aromatic heterocycles. The zero-order valence-corrected chi connectivity index (χ0v) is 11.4. The summed E-state index contributed by atoms with van der Waals surface area (Å²) in [6.45, 7) is 3.35. The minimum Gasteiger partial charge on any atom is -0.380 e. The van der Waals surface area contributed by atoms with Crippen LogP contribution in [0.15, 0.2) is 22.7 Å². The molecule has 0 saturated carbocycles. The molecule has 1 unspecified atom stereocenters. The van der Waals surface area contributed by atoms with Crippen molar-refractivity contribution in [3.05, 3.63) is 38.3 Å². The molecule has 6 heteroatoms. The van der Waals surface area contributed by atoms with Crippen LogP contribution >= 0.6 is 15.9 Å². The Balaban J connectivity index is 2.57. The van der Waals surface area contributed by atoms with Crippen molar-refractivity contribution in [2.24, 2.45) is 0 Å². The van der Waals surface area contributed by atoms with Gasteiger partial charge in [0.05, 0.1) is 11.0 Å². The van der Waals surface area contributed by atoms with Crippen molar-refractivity contribution >= 4 is 21.6 Å². The van der Waals surface area contributed by atoms with E-state index in [2.05, 4.69) is 21.2 Å². The second-order valence-corrected chi connectivity index (χ2v) is 4.56. The molecule has 94 valence electrons. The van der Waals surface area contributed by atoms with Gasteiger partial charge >= 0.3 is 0 Å². The van der Waals surface area contributed by atoms with Gasteiger partial charge in [-0.25, -0.2) is 0 Å². The largest absolute Gasteiger partial charge is 0.380 e. The number of rotatable bonds is 6. The Kier molecular flexibility index (Phi) is 5.54. The monoisotopic (exact) mass is 302 g/mol. The first-order chi connectivity index (χ1) is 8.04. The van der Waals surface area contributed by atoms with Gasteiger partial charge in [-0.1, -0.05) is 15.9 Å². The smallest absolute Gasteiger partial charge is 0.270 e. The zero-order chi connectivity index (χ0) is 12.8. The van der Waals surface area contributed by atoms with Crippen LogP contribution < -0.4 is 5.32 Å². The van der Waals surface area contributed by atoms with Crippen LogP contribution in [0.25, 0.3) is 0 Å². The van der Waals surface area contributed by atoms with E-state index in [1.54, 1.807) is 13.2 Å². The Morgan fingerprint density at radius 3 is 2.82 bits per heavy atom. The predicted octanol–water partition coefficient (Wildman–Crippen LogP) is 2.48. The van der Waals surface area contributed by atoms with Crippen LogP contribution in [0.3, 0.4) is 0 Å². The topological polar surface area (TPSA) is 64.4 Å². The fraction of sp³-hybridized carbons (Fsp3) is 0.455. The van der Waals surface area contributed by atoms with Crippen LogP contribution in [0, 0.1) is 10.1 Å². The molecule has 0 spiro atoms. The molecular weight excluding hydrogens is 288 g/mol. The standard InChI is InChI=1S/C11H15BrN2O3/c1-8(17-2)6-13-7-9-3-4-10(14(15)16)5-11(9)12/h3-5,8,13H,6-7H2,1-2H3. The van der Waals surface area contributed by atoms with Crippen LogP contribution in [0.1, 0.15) is 12.5 Å². The molecule has 1 atom stereocenters. The first-order valence-electron chi connectivity index (χ1n) is 5.21. The number of methoxy groups -OCH3 is 1. The minimum absolute atomic E-state index is 0.0888. The molecule has 0 aliphatic rings. The number of nitrogens with zero attached hydrogens (tertiary/aromatic N) is 1. The van der Waals surface area contributed by atoms with E-state index in [4.69, 9.17) is 4.74 Å². The molecule has 0 radical (unpaired) electrons. The molecule has 0 aliphatic carbocycles. The van der Waals surface area contributed by atoms with Crippen molar-refractivity contribution in [2.45, 2.75) is 19.6 Å². The number of nitro benzene ring substituents is 1. The molecular formula is C11H15BrN2O3. The quantitative estimate of drug-likeness (QED) is 0.648. The lowest BCUT2D eigenvalue weighted by molar-refractivity contribution is -0.384. The molecule has 0 bridgehead atoms. The average molecular weight is 303 g/mol. The van der Waals surface area contributed by atoms with Crippen molar-refractivity contribution in [3.63, 3.8) is 0 Å². The van der Waals surface area contributed by atoms with Gasteiger partial charge in [0.15, 0.2) is 0 Å². The van der Waals surface area contributed by atoms with E-state index in [0.717, 1.165) is 16.6 Å². The summed E-state index contributed by atoms with van der Waals surface area (Å²) in [6, 6.07) is 4.75. The predicted molar refractivity (Wildman–Crippen MR) is 69.0 cm³/mol. The first-order valence-corrected chi connectivity index (χ1v) is 6.00. The molecule has 0 saturated heterocycles. The molecule has 0 aliphatic heterocycles. The van der Waals surface area contributed by atoms with Gasteiger partial charge < -0.3 is 10.1 Å². The lowest BCUT2D eigenvalue weighted by Crippen LogP contribution is -2.25. The van der Waals surface area contributed by atoms with E-state index in [1.165, 1.54) is 12.1 Å². The van der Waals surface area contributed by atoms with Gasteiger partial charge in [-0.15, -0.1) is 0 Å². The summed E-state index contributed by atoms with van der Waals surface area (Å²) in [5.74, 6) is 0. The maximum Gasteiger partial charge on any atom is 0.270 e. The maximum absolute atomic E-state index is 10.6. The van der Waals surface area contributed by atoms with Gasteiger partial charge in [0.1, 0.15) is 0 Å². The second kappa shape index (κ2) is 6.68. The third-order valence-corrected chi connectivity index (χ3v) is 3.14. The highest BCUT2D eigenvalue weighted by Gasteiger charge is 2.09. The minimum atomic E-state index is -0.408. The molecule has 0 fully saturated rings. The first kappa shape index (κ1) is 14.1. The number of nitro groups is 1. The van der Waals surface area contributed by atoms with Crippen molar-refractivity contribution in [1.29, 1.82) is 0 Å². The highest BCUT2D eigenvalue weighted by Crippen LogP contribution is 2.22. The van der Waals surface area contributed by atoms with Gasteiger partial charge in [0, 0.05) is 36.8 Å². The van der Waals surface area contributed by atoms with Gasteiger partial charge in [0.2, 0.25) is 0 Å². The Labute approximate surface area is 108 Å². The molecule has 1 aromatic carbocycles. The number of halogens is 1. The van der Waals surface area contributed by atoms with Crippen LogP contribution in [-0.4, -0.2) is 24.7 Å². The summed E-state index contributed by atoms with van der Waals surface area (Å²) in [5, 5.41) is 13.8. The summed E-state index contributed by atoms with van der Waals surface area (Å²) in [6.07, 6.45) is 0.145. The van der Waals surface area contributed by atoms with E-state index in [9.17, 15) is 10.1 Å². The SMILES string of the molecule is COC(C)CNCc1ccc([N+](=O)[O-])cc1Br. The van der Waals surface area contributed by atoms with Crippen molar-refractivity contribution in [1.82, 2.24) is 5.32 Å². The number of hydrogen-bond acceptors (Lipinski definition) is 4. The normalized spacial score (nSPS) is 12.4. The van der Waals surface area contributed by atoms with E-state index >= 15 is 0 Å². The van der Waals surface area contributed by atoms with E-state index < -0.39 is 4.92 Å². The summed E-state index contributed by atoms with van der Waals surface area (Å²) in [7, 11) is 1.66. The Morgan fingerprint density at radius 1 is 1.59 bits per heavy atom. The summed E-state index contributed by atoms with van der Waals surface area (Å²) < 4.78 is 5.85. The van der Waals surface area contributed by atoms with E-state index in [1.807, 2.05) is 6.92 Å². The van der Waals surface area contributed by atoms with Crippen molar-refractivity contribution in [3.8, 4) is 0 Å². The van der Waals surface area contributed by atoms with E-state index in [-0.39, 0.29) is 11.8 Å². The maximum atomic E-state index is 10.6. The number of benzene rings is 1. The third-order valence-electron chi connectivity index (χ3n) is 2.40. The van der Waals surface area contributed by atoms with Gasteiger partial charge in [0.25, 0.3) is 5.69 Å². The highest BCUT2D eigenvalue weighted by atomic mass is 79.9. The lowest BCUT2D eigenvalue weighted by atomic mass is 10.2. The van der Waals surface area contributed by atoms with Crippen LogP contribution in [-0.2, 0) is 11.3 Å². The average Bonchev–Trinajstić information content (AvgIpc) is 2.30. The number of nitrogens with one attached hydrogen (secondary N) is 1. The summed E-state index contributed by atoms with van der Waals surface area (Å²) in [4.78, 5) is 10.2. The molecule has 1 N–H and O–H groups in total. The molecule has 1 rings (SSSR count). The summed E-state index contributed by atoms with van der Waals surface area (Å²) >= 11 is 3.32. The summed E-state index contributed by atoms with van der Waals surface area (Å²) in [5.41, 5.74) is 1.07. The molecule has 0 amide bonds. The fourth-order valence-electron chi connectivity index (χ4n) is 1.29. The van der Waals surface area contributed by atoms with Gasteiger partial charge in [-0.05, 0) is 18.6 Å². The highest BCUT2D eigenvalue weighted by molar-refractivity contribution is 9.10. The molecule has 1 aromatic rings. The number of hydrogen-bond donors (Lipinski definition) is 1. The molecule has 17 heavy (non-hydrogen) atoms. The number of ether oxygens (including phenoxy) is 1. The molecule has 5 nitrogen and oxygen atoms in total. The Morgan fingerprint density at radius 2 is 2.29 bits per heavy atom. The third kappa shape index (κ3) is 4.41. The van der Waals surface area contributed by atoms with Crippen LogP contribution in [0.2, 0.25) is 0 Å². The second-order valence-electron chi connectivity index (χ2n) is 3.71. The van der Waals surface area contributed by atoms with Gasteiger partial charge in [-0.2, -0.15) is 0 Å². The Hall–Kier alpha value is -0.980. The van der Waals surface area contributed by atoms with Crippen LogP contribution in [0.5, 0.6) is 0 Å². The number of non-ortho nitro benzene ring substituents is 1. The Bertz CT molecular complexity index is 398. The lowest BCUT2D eigenvalue weighted by Gasteiger charge is -2.11.